The predicted octanol–water partition coefficient (Wildman–Crippen LogP) is 5.79. The number of hydrogen-bond donors (Lipinski definition) is 0. The van der Waals surface area contributed by atoms with Crippen LogP contribution in [0.4, 0.5) is 18.9 Å². The lowest BCUT2D eigenvalue weighted by Gasteiger charge is -2.36. The third-order valence-electron chi connectivity index (χ3n) is 6.21. The first kappa shape index (κ1) is 21.6. The first-order valence-electron chi connectivity index (χ1n) is 10.9. The molecule has 164 valence electrons. The third-order valence-corrected chi connectivity index (χ3v) is 6.21. The van der Waals surface area contributed by atoms with E-state index < -0.39 is 11.7 Å². The molecule has 1 aliphatic heterocycles. The molecular formula is C25H28F3N3. The van der Waals surface area contributed by atoms with Crippen LogP contribution in [0.1, 0.15) is 30.4 Å². The molecule has 0 spiro atoms. The Morgan fingerprint density at radius 3 is 2.45 bits per heavy atom. The number of aromatic nitrogens is 1. The van der Waals surface area contributed by atoms with Crippen molar-refractivity contribution in [2.75, 3.05) is 31.6 Å². The summed E-state index contributed by atoms with van der Waals surface area (Å²) in [7, 11) is 2.05. The first-order valence-corrected chi connectivity index (χ1v) is 10.9. The minimum absolute atomic E-state index is 0.202. The van der Waals surface area contributed by atoms with Gasteiger partial charge in [0.15, 0.2) is 0 Å². The molecule has 0 saturated carbocycles. The van der Waals surface area contributed by atoms with Crippen LogP contribution >= 0.6 is 0 Å². The number of anilines is 1. The van der Waals surface area contributed by atoms with E-state index in [2.05, 4.69) is 26.9 Å². The van der Waals surface area contributed by atoms with Gasteiger partial charge in [0.05, 0.1) is 11.1 Å². The second-order valence-electron chi connectivity index (χ2n) is 8.38. The maximum absolute atomic E-state index is 13.2. The summed E-state index contributed by atoms with van der Waals surface area (Å²) >= 11 is 0. The quantitative estimate of drug-likeness (QED) is 0.497. The highest BCUT2D eigenvalue weighted by atomic mass is 19.4. The van der Waals surface area contributed by atoms with Crippen LogP contribution in [0.15, 0.2) is 60.8 Å². The van der Waals surface area contributed by atoms with E-state index in [-0.39, 0.29) is 6.04 Å². The molecule has 0 radical (unpaired) electrons. The van der Waals surface area contributed by atoms with Gasteiger partial charge in [-0.3, -0.25) is 4.98 Å². The van der Waals surface area contributed by atoms with E-state index >= 15 is 0 Å². The van der Waals surface area contributed by atoms with Crippen LogP contribution in [0.3, 0.4) is 0 Å². The number of alkyl halides is 3. The van der Waals surface area contributed by atoms with Gasteiger partial charge in [0.25, 0.3) is 0 Å². The number of likely N-dealkylation sites (N-methyl/N-ethyl adjacent to an activating group) is 1. The fourth-order valence-electron chi connectivity index (χ4n) is 4.46. The summed E-state index contributed by atoms with van der Waals surface area (Å²) in [4.78, 5) is 8.95. The van der Waals surface area contributed by atoms with Crippen LogP contribution in [-0.4, -0.2) is 42.6 Å². The molecule has 31 heavy (non-hydrogen) atoms. The molecule has 2 heterocycles. The second kappa shape index (κ2) is 9.27. The van der Waals surface area contributed by atoms with Crippen molar-refractivity contribution in [3.63, 3.8) is 0 Å². The second-order valence-corrected chi connectivity index (χ2v) is 8.38. The third kappa shape index (κ3) is 5.18. The fraction of sp³-hybridized carbons (Fsp3) is 0.400. The van der Waals surface area contributed by atoms with E-state index in [1.807, 2.05) is 31.3 Å². The van der Waals surface area contributed by atoms with Crippen molar-refractivity contribution >= 4 is 16.6 Å². The average molecular weight is 428 g/mol. The van der Waals surface area contributed by atoms with Gasteiger partial charge in [-0.2, -0.15) is 13.2 Å². The summed E-state index contributed by atoms with van der Waals surface area (Å²) in [6.45, 7) is 3.13. The number of benzene rings is 2. The van der Waals surface area contributed by atoms with Crippen LogP contribution in [-0.2, 0) is 12.6 Å². The maximum Gasteiger partial charge on any atom is 0.416 e. The Hall–Kier alpha value is -2.60. The highest BCUT2D eigenvalue weighted by Gasteiger charge is 2.31. The summed E-state index contributed by atoms with van der Waals surface area (Å²) in [6.07, 6.45) is 1.83. The number of piperidine rings is 1. The number of nitrogens with zero attached hydrogens (tertiary/aromatic N) is 3. The van der Waals surface area contributed by atoms with Crippen LogP contribution in [0, 0.1) is 0 Å². The van der Waals surface area contributed by atoms with Gasteiger partial charge in [-0.15, -0.1) is 0 Å². The highest BCUT2D eigenvalue weighted by molar-refractivity contribution is 5.92. The summed E-state index contributed by atoms with van der Waals surface area (Å²) in [5.74, 6) is 0. The largest absolute Gasteiger partial charge is 0.416 e. The Morgan fingerprint density at radius 1 is 1.00 bits per heavy atom. The van der Waals surface area contributed by atoms with Gasteiger partial charge in [-0.05, 0) is 56.1 Å². The van der Waals surface area contributed by atoms with Crippen molar-refractivity contribution in [1.82, 2.24) is 9.88 Å². The molecule has 1 fully saturated rings. The number of pyridine rings is 1. The zero-order valence-electron chi connectivity index (χ0n) is 17.8. The van der Waals surface area contributed by atoms with Crippen LogP contribution in [0.25, 0.3) is 10.9 Å². The van der Waals surface area contributed by atoms with E-state index in [9.17, 15) is 13.2 Å². The lowest BCUT2D eigenvalue weighted by molar-refractivity contribution is -0.137. The fourth-order valence-corrected chi connectivity index (χ4v) is 4.46. The Morgan fingerprint density at radius 2 is 1.74 bits per heavy atom. The van der Waals surface area contributed by atoms with Gasteiger partial charge in [-0.25, -0.2) is 0 Å². The SMILES string of the molecule is CN(c1ccnc2cc(C(F)(F)F)ccc12)C(Cc1ccccc1)CN1CCCCC1. The monoisotopic (exact) mass is 427 g/mol. The Balaban J connectivity index is 1.66. The topological polar surface area (TPSA) is 19.4 Å². The molecular weight excluding hydrogens is 399 g/mol. The van der Waals surface area contributed by atoms with Gasteiger partial charge >= 0.3 is 6.18 Å². The normalized spacial score (nSPS) is 16.4. The summed E-state index contributed by atoms with van der Waals surface area (Å²) in [5, 5.41) is 0.745. The maximum atomic E-state index is 13.2. The lowest BCUT2D eigenvalue weighted by atomic mass is 10.0. The van der Waals surface area contributed by atoms with Crippen molar-refractivity contribution in [2.45, 2.75) is 37.9 Å². The number of fused-ring (bicyclic) bond motifs is 1. The van der Waals surface area contributed by atoms with Crippen LogP contribution in [0.2, 0.25) is 0 Å². The van der Waals surface area contributed by atoms with E-state index in [4.69, 9.17) is 0 Å². The van der Waals surface area contributed by atoms with Gasteiger partial charge in [0.2, 0.25) is 0 Å². The molecule has 6 heteroatoms. The van der Waals surface area contributed by atoms with Crippen molar-refractivity contribution < 1.29 is 13.2 Å². The first-order chi connectivity index (χ1) is 14.9. The number of hydrogen-bond acceptors (Lipinski definition) is 3. The molecule has 0 amide bonds. The number of likely N-dealkylation sites (tertiary alicyclic amines) is 1. The van der Waals surface area contributed by atoms with Gasteiger partial charge in [0, 0.05) is 36.9 Å². The molecule has 0 aliphatic carbocycles. The Bertz CT molecular complexity index is 998. The molecule has 1 aliphatic rings. The Kier molecular flexibility index (Phi) is 6.46. The van der Waals surface area contributed by atoms with Crippen molar-refractivity contribution in [3.8, 4) is 0 Å². The molecule has 2 aromatic carbocycles. The van der Waals surface area contributed by atoms with Crippen molar-refractivity contribution in [1.29, 1.82) is 0 Å². The summed E-state index contributed by atoms with van der Waals surface area (Å²) in [6, 6.07) is 16.3. The average Bonchev–Trinajstić information content (AvgIpc) is 2.78. The Labute approximate surface area is 181 Å². The summed E-state index contributed by atoms with van der Waals surface area (Å²) in [5.41, 5.74) is 1.88. The van der Waals surface area contributed by atoms with Crippen molar-refractivity contribution in [2.24, 2.45) is 0 Å². The molecule has 3 nitrogen and oxygen atoms in total. The molecule has 1 unspecified atom stereocenters. The van der Waals surface area contributed by atoms with Gasteiger partial charge < -0.3 is 9.80 Å². The van der Waals surface area contributed by atoms with E-state index in [1.165, 1.54) is 24.8 Å². The number of halogens is 3. The van der Waals surface area contributed by atoms with E-state index in [1.54, 1.807) is 12.3 Å². The van der Waals surface area contributed by atoms with Gasteiger partial charge in [0.1, 0.15) is 0 Å². The molecule has 3 aromatic rings. The summed E-state index contributed by atoms with van der Waals surface area (Å²) < 4.78 is 39.5. The van der Waals surface area contributed by atoms with E-state index in [0.717, 1.165) is 49.3 Å². The number of rotatable bonds is 6. The van der Waals surface area contributed by atoms with Crippen LogP contribution < -0.4 is 4.90 Å². The predicted molar refractivity (Wildman–Crippen MR) is 119 cm³/mol. The standard InChI is InChI=1S/C25H28F3N3/c1-30(24-12-13-29-23-17-20(25(26,27)28)10-11-22(23)24)21(16-19-8-4-2-5-9-19)18-31-14-6-3-7-15-31/h2,4-5,8-13,17,21H,3,6-7,14-16,18H2,1H3. The molecule has 0 bridgehead atoms. The minimum atomic E-state index is -4.37. The van der Waals surface area contributed by atoms with E-state index in [0.29, 0.717) is 5.52 Å². The smallest absolute Gasteiger partial charge is 0.369 e. The van der Waals surface area contributed by atoms with Crippen molar-refractivity contribution in [3.05, 3.63) is 71.9 Å². The molecule has 0 N–H and O–H groups in total. The van der Waals surface area contributed by atoms with Gasteiger partial charge in [-0.1, -0.05) is 42.8 Å². The van der Waals surface area contributed by atoms with Crippen LogP contribution in [0.5, 0.6) is 0 Å². The zero-order valence-corrected chi connectivity index (χ0v) is 17.8. The highest BCUT2D eigenvalue weighted by Crippen LogP contribution is 2.34. The molecule has 4 rings (SSSR count). The molecule has 1 aromatic heterocycles. The lowest BCUT2D eigenvalue weighted by Crippen LogP contribution is -2.45. The minimum Gasteiger partial charge on any atom is -0.369 e. The zero-order chi connectivity index (χ0) is 21.8. The molecule has 1 saturated heterocycles. The molecule has 1 atom stereocenters.